The van der Waals surface area contributed by atoms with Gasteiger partial charge in [-0.25, -0.2) is 4.98 Å². The summed E-state index contributed by atoms with van der Waals surface area (Å²) in [5.74, 6) is 1.17. The van der Waals surface area contributed by atoms with Gasteiger partial charge >= 0.3 is 0 Å². The highest BCUT2D eigenvalue weighted by molar-refractivity contribution is 6.02. The van der Waals surface area contributed by atoms with Crippen molar-refractivity contribution >= 4 is 23.4 Å². The maximum absolute atomic E-state index is 12.2. The Hall–Kier alpha value is -2.67. The fourth-order valence-corrected chi connectivity index (χ4v) is 3.38. The number of rotatable bonds is 4. The first kappa shape index (κ1) is 16.8. The molecule has 1 amide bonds. The number of hydrogen-bond acceptors (Lipinski definition) is 6. The molecule has 7 nitrogen and oxygen atoms in total. The Labute approximate surface area is 153 Å². The molecule has 0 aliphatic carbocycles. The van der Waals surface area contributed by atoms with Crippen LogP contribution in [0.2, 0.25) is 0 Å². The minimum Gasteiger partial charge on any atom is -0.346 e. The minimum atomic E-state index is -0.114. The monoisotopic (exact) mass is 352 g/mol. The van der Waals surface area contributed by atoms with Gasteiger partial charge < -0.3 is 20.4 Å². The zero-order valence-electron chi connectivity index (χ0n) is 15.2. The van der Waals surface area contributed by atoms with E-state index in [1.165, 1.54) is 5.56 Å². The van der Waals surface area contributed by atoms with Crippen LogP contribution < -0.4 is 15.5 Å². The van der Waals surface area contributed by atoms with Crippen LogP contribution in [0.1, 0.15) is 28.5 Å². The average Bonchev–Trinajstić information content (AvgIpc) is 3.05. The minimum absolute atomic E-state index is 0.114. The second-order valence-corrected chi connectivity index (χ2v) is 6.79. The first-order chi connectivity index (χ1) is 12.6. The fourth-order valence-electron chi connectivity index (χ4n) is 3.38. The van der Waals surface area contributed by atoms with Gasteiger partial charge in [-0.15, -0.1) is 0 Å². The van der Waals surface area contributed by atoms with E-state index in [0.717, 1.165) is 44.1 Å². The van der Waals surface area contributed by atoms with E-state index >= 15 is 0 Å². The molecule has 0 atom stereocenters. The molecule has 7 heteroatoms. The molecule has 1 aromatic carbocycles. The number of fused-ring (bicyclic) bond motifs is 1. The number of benzene rings is 1. The first-order valence-corrected chi connectivity index (χ1v) is 9.14. The van der Waals surface area contributed by atoms with Crippen molar-refractivity contribution in [3.8, 4) is 0 Å². The molecule has 0 unspecified atom stereocenters. The highest BCUT2D eigenvalue weighted by atomic mass is 16.2. The molecule has 0 spiro atoms. The van der Waals surface area contributed by atoms with Gasteiger partial charge in [0, 0.05) is 31.9 Å². The normalized spacial score (nSPS) is 17.2. The third kappa shape index (κ3) is 3.22. The van der Waals surface area contributed by atoms with Crippen LogP contribution in [0.4, 0.5) is 17.5 Å². The third-order valence-electron chi connectivity index (χ3n) is 5.03. The van der Waals surface area contributed by atoms with E-state index in [-0.39, 0.29) is 5.91 Å². The fraction of sp³-hybridized carbons (Fsp3) is 0.421. The molecule has 136 valence electrons. The van der Waals surface area contributed by atoms with Gasteiger partial charge in [0.05, 0.1) is 12.2 Å². The van der Waals surface area contributed by atoms with Crippen LogP contribution in [-0.4, -0.2) is 53.5 Å². The van der Waals surface area contributed by atoms with Crippen LogP contribution >= 0.6 is 0 Å². The van der Waals surface area contributed by atoms with Crippen LogP contribution in [0.3, 0.4) is 0 Å². The molecular formula is C19H24N6O. The van der Waals surface area contributed by atoms with Gasteiger partial charge in [-0.2, -0.15) is 4.98 Å². The third-order valence-corrected chi connectivity index (χ3v) is 5.03. The van der Waals surface area contributed by atoms with Gasteiger partial charge in [0.1, 0.15) is 11.4 Å². The molecule has 2 N–H and O–H groups in total. The predicted molar refractivity (Wildman–Crippen MR) is 102 cm³/mol. The van der Waals surface area contributed by atoms with Crippen molar-refractivity contribution in [3.63, 3.8) is 0 Å². The van der Waals surface area contributed by atoms with E-state index in [9.17, 15) is 4.79 Å². The van der Waals surface area contributed by atoms with E-state index in [4.69, 9.17) is 4.98 Å². The Morgan fingerprint density at radius 2 is 1.85 bits per heavy atom. The van der Waals surface area contributed by atoms with E-state index in [1.54, 1.807) is 0 Å². The molecule has 1 aromatic heterocycles. The van der Waals surface area contributed by atoms with Gasteiger partial charge in [-0.05, 0) is 25.6 Å². The second-order valence-electron chi connectivity index (χ2n) is 6.79. The Morgan fingerprint density at radius 1 is 1.12 bits per heavy atom. The second kappa shape index (κ2) is 6.92. The van der Waals surface area contributed by atoms with Gasteiger partial charge in [0.15, 0.2) is 0 Å². The summed E-state index contributed by atoms with van der Waals surface area (Å²) in [5.41, 5.74) is 3.43. The number of likely N-dealkylation sites (N-methyl/N-ethyl adjacent to an activating group) is 1. The van der Waals surface area contributed by atoms with E-state index in [2.05, 4.69) is 32.3 Å². The molecule has 3 heterocycles. The number of nitrogens with one attached hydrogen (secondary N) is 2. The summed E-state index contributed by atoms with van der Waals surface area (Å²) in [7, 11) is 0. The van der Waals surface area contributed by atoms with Crippen molar-refractivity contribution < 1.29 is 4.79 Å². The molecule has 4 rings (SSSR count). The smallest absolute Gasteiger partial charge is 0.257 e. The summed E-state index contributed by atoms with van der Waals surface area (Å²) >= 11 is 0. The molecule has 2 aromatic rings. The van der Waals surface area contributed by atoms with Crippen molar-refractivity contribution in [1.29, 1.82) is 0 Å². The maximum atomic E-state index is 12.2. The summed E-state index contributed by atoms with van der Waals surface area (Å²) in [6.45, 7) is 9.58. The Bertz CT molecular complexity index is 812. The van der Waals surface area contributed by atoms with Crippen molar-refractivity contribution in [2.24, 2.45) is 0 Å². The van der Waals surface area contributed by atoms with E-state index < -0.39 is 0 Å². The zero-order chi connectivity index (χ0) is 18.1. The molecule has 2 aliphatic heterocycles. The summed E-state index contributed by atoms with van der Waals surface area (Å²) in [5, 5.41) is 6.17. The number of piperazine rings is 1. The van der Waals surface area contributed by atoms with Crippen LogP contribution in [0.15, 0.2) is 24.3 Å². The van der Waals surface area contributed by atoms with Gasteiger partial charge in [-0.3, -0.25) is 4.79 Å². The molecule has 0 bridgehead atoms. The summed E-state index contributed by atoms with van der Waals surface area (Å²) in [4.78, 5) is 26.2. The predicted octanol–water partition coefficient (Wildman–Crippen LogP) is 1.91. The van der Waals surface area contributed by atoms with Gasteiger partial charge in [-0.1, -0.05) is 24.6 Å². The van der Waals surface area contributed by atoms with Crippen molar-refractivity contribution in [3.05, 3.63) is 41.1 Å². The molecule has 2 aliphatic rings. The lowest BCUT2D eigenvalue weighted by atomic mass is 10.2. The van der Waals surface area contributed by atoms with Crippen LogP contribution in [0.5, 0.6) is 0 Å². The SMILES string of the molecule is CCN1CCN(c2nc3c(c(Nc4ccc(C)cc4)n2)C(=O)NC3)CC1. The number of nitrogens with zero attached hydrogens (tertiary/aromatic N) is 4. The zero-order valence-corrected chi connectivity index (χ0v) is 15.2. The van der Waals surface area contributed by atoms with E-state index in [1.807, 2.05) is 31.2 Å². The molecule has 1 saturated heterocycles. The van der Waals surface area contributed by atoms with Crippen LogP contribution in [0.25, 0.3) is 0 Å². The number of aryl methyl sites for hydroxylation is 1. The topological polar surface area (TPSA) is 73.4 Å². The summed E-state index contributed by atoms with van der Waals surface area (Å²) in [6, 6.07) is 8.07. The Balaban J connectivity index is 1.65. The molecule has 1 fully saturated rings. The quantitative estimate of drug-likeness (QED) is 0.876. The first-order valence-electron chi connectivity index (χ1n) is 9.14. The number of carbonyl (C=O) groups excluding carboxylic acids is 1. The molecule has 26 heavy (non-hydrogen) atoms. The Morgan fingerprint density at radius 3 is 2.54 bits per heavy atom. The van der Waals surface area contributed by atoms with Crippen molar-refractivity contribution in [1.82, 2.24) is 20.2 Å². The average molecular weight is 352 g/mol. The number of anilines is 3. The maximum Gasteiger partial charge on any atom is 0.257 e. The van der Waals surface area contributed by atoms with Crippen molar-refractivity contribution in [2.75, 3.05) is 42.9 Å². The number of hydrogen-bond donors (Lipinski definition) is 2. The summed E-state index contributed by atoms with van der Waals surface area (Å²) < 4.78 is 0. The lowest BCUT2D eigenvalue weighted by Crippen LogP contribution is -2.46. The molecular weight excluding hydrogens is 328 g/mol. The number of amides is 1. The summed E-state index contributed by atoms with van der Waals surface area (Å²) in [6.07, 6.45) is 0. The molecule has 0 saturated carbocycles. The van der Waals surface area contributed by atoms with Gasteiger partial charge in [0.2, 0.25) is 5.95 Å². The lowest BCUT2D eigenvalue weighted by molar-refractivity contribution is 0.0966. The van der Waals surface area contributed by atoms with Crippen LogP contribution in [-0.2, 0) is 6.54 Å². The molecule has 0 radical (unpaired) electrons. The number of aromatic nitrogens is 2. The highest BCUT2D eigenvalue weighted by Crippen LogP contribution is 2.27. The number of carbonyl (C=O) groups is 1. The standard InChI is InChI=1S/C19H24N6O/c1-3-24-8-10-25(11-9-24)19-22-15-12-20-18(26)16(15)17(23-19)21-14-6-4-13(2)5-7-14/h4-7H,3,8-12H2,1-2H3,(H,20,26)(H,21,22,23). The van der Waals surface area contributed by atoms with Gasteiger partial charge in [0.25, 0.3) is 5.91 Å². The van der Waals surface area contributed by atoms with Crippen LogP contribution in [0, 0.1) is 6.92 Å². The Kier molecular flexibility index (Phi) is 4.46. The highest BCUT2D eigenvalue weighted by Gasteiger charge is 2.28. The largest absolute Gasteiger partial charge is 0.346 e. The lowest BCUT2D eigenvalue weighted by Gasteiger charge is -2.34. The van der Waals surface area contributed by atoms with Crippen molar-refractivity contribution in [2.45, 2.75) is 20.4 Å². The van der Waals surface area contributed by atoms with E-state index in [0.29, 0.717) is 23.9 Å².